The molecule has 0 saturated heterocycles. The number of ether oxygens (including phenoxy) is 1. The number of carbonyl (C=O) groups is 4. The molecule has 8 nitrogen and oxygen atoms in total. The molecule has 2 aromatic carbocycles. The summed E-state index contributed by atoms with van der Waals surface area (Å²) in [5, 5.41) is 2.60. The number of fused-ring (bicyclic) bond motifs is 1. The molecular formula is C26H31N3O5. The number of hydrogen-bond acceptors (Lipinski definition) is 5. The van der Waals surface area contributed by atoms with Crippen LogP contribution in [-0.2, 0) is 14.3 Å². The fourth-order valence-corrected chi connectivity index (χ4v) is 3.88. The summed E-state index contributed by atoms with van der Waals surface area (Å²) in [6, 6.07) is 11.4. The summed E-state index contributed by atoms with van der Waals surface area (Å²) >= 11 is 0. The summed E-state index contributed by atoms with van der Waals surface area (Å²) < 4.78 is 5.33. The zero-order valence-corrected chi connectivity index (χ0v) is 20.5. The first-order valence-corrected chi connectivity index (χ1v) is 11.2. The highest BCUT2D eigenvalue weighted by atomic mass is 16.6. The summed E-state index contributed by atoms with van der Waals surface area (Å²) in [6.07, 6.45) is -0.776. The van der Waals surface area contributed by atoms with Crippen molar-refractivity contribution in [2.45, 2.75) is 53.2 Å². The van der Waals surface area contributed by atoms with Crippen LogP contribution in [0.3, 0.4) is 0 Å². The first-order valence-electron chi connectivity index (χ1n) is 11.2. The predicted octanol–water partition coefficient (Wildman–Crippen LogP) is 3.78. The Morgan fingerprint density at radius 1 is 1.06 bits per heavy atom. The number of ketones is 1. The van der Waals surface area contributed by atoms with Crippen LogP contribution >= 0.6 is 0 Å². The van der Waals surface area contributed by atoms with Crippen LogP contribution in [0.25, 0.3) is 0 Å². The van der Waals surface area contributed by atoms with Gasteiger partial charge in [0.15, 0.2) is 5.78 Å². The molecule has 34 heavy (non-hydrogen) atoms. The smallest absolute Gasteiger partial charge is 0.408 e. The molecule has 0 aromatic heterocycles. The minimum absolute atomic E-state index is 0.0848. The Labute approximate surface area is 199 Å². The summed E-state index contributed by atoms with van der Waals surface area (Å²) in [5.41, 5.74) is 2.34. The molecular weight excluding hydrogens is 434 g/mol. The Morgan fingerprint density at radius 3 is 2.35 bits per heavy atom. The molecule has 0 spiro atoms. The predicted molar refractivity (Wildman–Crippen MR) is 130 cm³/mol. The average molecular weight is 466 g/mol. The van der Waals surface area contributed by atoms with Gasteiger partial charge in [-0.1, -0.05) is 30.3 Å². The van der Waals surface area contributed by atoms with E-state index in [4.69, 9.17) is 4.74 Å². The van der Waals surface area contributed by atoms with E-state index in [0.29, 0.717) is 16.9 Å². The van der Waals surface area contributed by atoms with Gasteiger partial charge in [0.1, 0.15) is 11.6 Å². The van der Waals surface area contributed by atoms with Gasteiger partial charge in [-0.2, -0.15) is 0 Å². The third kappa shape index (κ3) is 5.62. The van der Waals surface area contributed by atoms with E-state index in [-0.39, 0.29) is 24.8 Å². The molecule has 0 bridgehead atoms. The molecule has 180 valence electrons. The van der Waals surface area contributed by atoms with Crippen LogP contribution in [0.4, 0.5) is 16.2 Å². The van der Waals surface area contributed by atoms with E-state index in [9.17, 15) is 19.2 Å². The summed E-state index contributed by atoms with van der Waals surface area (Å²) in [5.74, 6) is -1.03. The normalized spacial score (nSPS) is 15.9. The van der Waals surface area contributed by atoms with Crippen molar-refractivity contribution in [1.29, 1.82) is 0 Å². The minimum Gasteiger partial charge on any atom is -0.444 e. The topological polar surface area (TPSA) is 96.0 Å². The second-order valence-electron chi connectivity index (χ2n) is 9.48. The van der Waals surface area contributed by atoms with Crippen molar-refractivity contribution < 1.29 is 23.9 Å². The van der Waals surface area contributed by atoms with Gasteiger partial charge in [-0.3, -0.25) is 14.4 Å². The van der Waals surface area contributed by atoms with Gasteiger partial charge in [-0.25, -0.2) is 4.79 Å². The van der Waals surface area contributed by atoms with E-state index < -0.39 is 23.6 Å². The largest absolute Gasteiger partial charge is 0.444 e. The quantitative estimate of drug-likeness (QED) is 0.694. The highest BCUT2D eigenvalue weighted by Gasteiger charge is 2.37. The first-order chi connectivity index (χ1) is 15.9. The number of benzene rings is 2. The van der Waals surface area contributed by atoms with E-state index in [1.54, 1.807) is 45.0 Å². The van der Waals surface area contributed by atoms with Crippen LogP contribution in [0.1, 0.15) is 49.2 Å². The molecule has 1 unspecified atom stereocenters. The van der Waals surface area contributed by atoms with Crippen LogP contribution < -0.4 is 15.1 Å². The van der Waals surface area contributed by atoms with Crippen molar-refractivity contribution in [1.82, 2.24) is 5.32 Å². The fraction of sp³-hybridized carbons (Fsp3) is 0.385. The lowest BCUT2D eigenvalue weighted by atomic mass is 10.0. The average Bonchev–Trinajstić information content (AvgIpc) is 2.83. The van der Waals surface area contributed by atoms with Crippen molar-refractivity contribution in [2.24, 2.45) is 0 Å². The Bertz CT molecular complexity index is 1140. The van der Waals surface area contributed by atoms with Gasteiger partial charge in [0.25, 0.3) is 5.91 Å². The van der Waals surface area contributed by atoms with Gasteiger partial charge in [0.05, 0.1) is 24.5 Å². The van der Waals surface area contributed by atoms with Gasteiger partial charge in [-0.05, 0) is 57.9 Å². The van der Waals surface area contributed by atoms with E-state index >= 15 is 0 Å². The number of nitrogens with zero attached hydrogens (tertiary/aromatic N) is 2. The van der Waals surface area contributed by atoms with Crippen molar-refractivity contribution in [3.8, 4) is 0 Å². The molecule has 1 aliphatic heterocycles. The Balaban J connectivity index is 2.05. The monoisotopic (exact) mass is 465 g/mol. The molecule has 8 heteroatoms. The van der Waals surface area contributed by atoms with E-state index in [2.05, 4.69) is 5.32 Å². The van der Waals surface area contributed by atoms with Crippen LogP contribution in [0.2, 0.25) is 0 Å². The summed E-state index contributed by atoms with van der Waals surface area (Å²) in [7, 11) is 0. The van der Waals surface area contributed by atoms with Gasteiger partial charge in [0.2, 0.25) is 5.91 Å². The van der Waals surface area contributed by atoms with Crippen molar-refractivity contribution in [3.05, 3.63) is 59.2 Å². The number of anilines is 2. The lowest BCUT2D eigenvalue weighted by Crippen LogP contribution is -2.54. The van der Waals surface area contributed by atoms with Gasteiger partial charge < -0.3 is 19.9 Å². The molecule has 2 aromatic rings. The molecule has 3 rings (SSSR count). The molecule has 1 N–H and O–H groups in total. The number of rotatable bonds is 4. The number of aryl methyl sites for hydroxylation is 2. The molecule has 1 aliphatic rings. The Morgan fingerprint density at radius 2 is 1.74 bits per heavy atom. The third-order valence-corrected chi connectivity index (χ3v) is 5.46. The highest BCUT2D eigenvalue weighted by Crippen LogP contribution is 2.34. The maximum Gasteiger partial charge on any atom is 0.408 e. The lowest BCUT2D eigenvalue weighted by molar-refractivity contribution is -0.120. The van der Waals surface area contributed by atoms with Crippen molar-refractivity contribution in [3.63, 3.8) is 0 Å². The number of carbonyl (C=O) groups excluding carboxylic acids is 4. The lowest BCUT2D eigenvalue weighted by Gasteiger charge is -2.26. The molecule has 0 saturated carbocycles. The van der Waals surface area contributed by atoms with Gasteiger partial charge >= 0.3 is 6.09 Å². The number of hydrogen-bond donors (Lipinski definition) is 1. The van der Waals surface area contributed by atoms with Crippen molar-refractivity contribution in [2.75, 3.05) is 22.9 Å². The van der Waals surface area contributed by atoms with E-state index in [1.165, 1.54) is 16.7 Å². The SMILES string of the molecule is CC(=O)N1CC(NC(=O)OC(C)(C)C)C(=O)N(CC(=O)c2ccccc2C)c2cc(C)ccc21. The standard InChI is InChI=1S/C26H31N3O5/c1-16-11-12-21-22(13-16)29(15-23(31)19-10-8-7-9-17(19)2)24(32)20(14-28(21)18(3)30)27-25(33)34-26(4,5)6/h7-13,20H,14-15H2,1-6H3,(H,27,33). The first kappa shape index (κ1) is 25.0. The maximum atomic E-state index is 13.7. The van der Waals surface area contributed by atoms with Crippen LogP contribution in [0, 0.1) is 13.8 Å². The van der Waals surface area contributed by atoms with Crippen LogP contribution in [0.5, 0.6) is 0 Å². The third-order valence-electron chi connectivity index (χ3n) is 5.46. The second kappa shape index (κ2) is 9.67. The molecule has 0 fully saturated rings. The minimum atomic E-state index is -1.10. The highest BCUT2D eigenvalue weighted by molar-refractivity contribution is 6.12. The van der Waals surface area contributed by atoms with Gasteiger partial charge in [0, 0.05) is 12.5 Å². The van der Waals surface area contributed by atoms with Crippen molar-refractivity contribution >= 4 is 35.1 Å². The number of Topliss-reactive ketones (excluding diaryl/α,β-unsaturated/α-hetero) is 1. The van der Waals surface area contributed by atoms with E-state index in [1.807, 2.05) is 32.0 Å². The number of alkyl carbamates (subject to hydrolysis) is 1. The van der Waals surface area contributed by atoms with Gasteiger partial charge in [-0.15, -0.1) is 0 Å². The molecule has 1 heterocycles. The van der Waals surface area contributed by atoms with Crippen LogP contribution in [-0.4, -0.2) is 48.4 Å². The second-order valence-corrected chi connectivity index (χ2v) is 9.48. The zero-order chi connectivity index (χ0) is 25.2. The maximum absolute atomic E-state index is 13.7. The summed E-state index contributed by atoms with van der Waals surface area (Å²) in [6.45, 7) is 9.93. The van der Waals surface area contributed by atoms with E-state index in [0.717, 1.165) is 11.1 Å². The zero-order valence-electron chi connectivity index (χ0n) is 20.5. The number of amides is 3. The van der Waals surface area contributed by atoms with Crippen LogP contribution in [0.15, 0.2) is 42.5 Å². The fourth-order valence-electron chi connectivity index (χ4n) is 3.88. The Kier molecular flexibility index (Phi) is 7.09. The summed E-state index contributed by atoms with van der Waals surface area (Å²) in [4.78, 5) is 54.8. The Hall–Kier alpha value is -3.68. The number of nitrogens with one attached hydrogen (secondary N) is 1. The molecule has 0 aliphatic carbocycles. The molecule has 0 radical (unpaired) electrons. The molecule has 1 atom stereocenters. The molecule has 3 amide bonds.